The summed E-state index contributed by atoms with van der Waals surface area (Å²) < 4.78 is 16.5. The van der Waals surface area contributed by atoms with Crippen molar-refractivity contribution in [3.63, 3.8) is 0 Å². The van der Waals surface area contributed by atoms with Gasteiger partial charge in [0.25, 0.3) is 0 Å². The molecular formula is C21H22O10. The van der Waals surface area contributed by atoms with Crippen molar-refractivity contribution in [2.24, 2.45) is 0 Å². The maximum atomic E-state index is 12.8. The highest BCUT2D eigenvalue weighted by atomic mass is 16.7. The Balaban J connectivity index is 1.59. The van der Waals surface area contributed by atoms with Crippen molar-refractivity contribution in [2.75, 3.05) is 6.61 Å². The van der Waals surface area contributed by atoms with Gasteiger partial charge in [-0.05, 0) is 29.3 Å². The summed E-state index contributed by atoms with van der Waals surface area (Å²) in [6, 6.07) is 8.94. The van der Waals surface area contributed by atoms with Crippen LogP contribution in [0.5, 0.6) is 17.2 Å². The molecule has 0 saturated carbocycles. The maximum absolute atomic E-state index is 12.8. The highest BCUT2D eigenvalue weighted by molar-refractivity contribution is 5.95. The minimum Gasteiger partial charge on any atom is -0.504 e. The fraction of sp³-hybridized carbons (Fsp3) is 0.381. The van der Waals surface area contributed by atoms with Gasteiger partial charge in [-0.3, -0.25) is 0 Å². The Labute approximate surface area is 176 Å². The number of fused-ring (bicyclic) bond motifs is 1. The summed E-state index contributed by atoms with van der Waals surface area (Å²) in [6.07, 6.45) is -7.80. The molecule has 2 aromatic rings. The van der Waals surface area contributed by atoms with E-state index in [1.807, 2.05) is 0 Å². The summed E-state index contributed by atoms with van der Waals surface area (Å²) >= 11 is 0. The van der Waals surface area contributed by atoms with Gasteiger partial charge in [0.1, 0.15) is 41.8 Å². The van der Waals surface area contributed by atoms with Gasteiger partial charge in [-0.25, -0.2) is 4.79 Å². The molecule has 6 atom stereocenters. The molecule has 2 aromatic carbocycles. The summed E-state index contributed by atoms with van der Waals surface area (Å²) in [5.74, 6) is -1.29. The average molecular weight is 434 g/mol. The third-order valence-corrected chi connectivity index (χ3v) is 5.43. The van der Waals surface area contributed by atoms with E-state index in [0.29, 0.717) is 11.1 Å². The lowest BCUT2D eigenvalue weighted by atomic mass is 9.94. The predicted molar refractivity (Wildman–Crippen MR) is 102 cm³/mol. The molecule has 166 valence electrons. The zero-order chi connectivity index (χ0) is 22.3. The smallest absolute Gasteiger partial charge is 0.342 e. The van der Waals surface area contributed by atoms with Gasteiger partial charge in [0, 0.05) is 6.42 Å². The van der Waals surface area contributed by atoms with Crippen LogP contribution in [0.15, 0.2) is 36.4 Å². The molecule has 0 bridgehead atoms. The zero-order valence-corrected chi connectivity index (χ0v) is 16.2. The fourth-order valence-electron chi connectivity index (χ4n) is 3.72. The van der Waals surface area contributed by atoms with Crippen molar-refractivity contribution in [3.8, 4) is 17.2 Å². The Morgan fingerprint density at radius 1 is 1.00 bits per heavy atom. The van der Waals surface area contributed by atoms with E-state index in [1.165, 1.54) is 24.3 Å². The standard InChI is InChI=1S/C21H22O10/c22-8-15-17(25)18(26)19(27)21(31-15)30-13-3-1-2-10-7-14(29-20(28)16(10)13)9-4-5-11(23)12(24)6-9/h1-6,14-15,17-19,21-27H,7-8H2/t14-,15+,17+,18-,19+,21+/m0/s1. The lowest BCUT2D eigenvalue weighted by Gasteiger charge is -2.40. The van der Waals surface area contributed by atoms with Crippen molar-refractivity contribution in [1.29, 1.82) is 0 Å². The molecule has 2 aliphatic rings. The van der Waals surface area contributed by atoms with Gasteiger partial charge in [-0.15, -0.1) is 0 Å². The van der Waals surface area contributed by atoms with Crippen molar-refractivity contribution in [3.05, 3.63) is 53.1 Å². The zero-order valence-electron chi connectivity index (χ0n) is 16.2. The highest BCUT2D eigenvalue weighted by Gasteiger charge is 2.45. The molecule has 0 aliphatic carbocycles. The molecule has 0 aromatic heterocycles. The van der Waals surface area contributed by atoms with Gasteiger partial charge >= 0.3 is 5.97 Å². The number of rotatable bonds is 4. The van der Waals surface area contributed by atoms with Crippen LogP contribution in [0.1, 0.15) is 27.6 Å². The van der Waals surface area contributed by atoms with E-state index in [0.717, 1.165) is 0 Å². The van der Waals surface area contributed by atoms with Crippen LogP contribution in [0, 0.1) is 0 Å². The van der Waals surface area contributed by atoms with Crippen molar-refractivity contribution in [2.45, 2.75) is 43.2 Å². The Kier molecular flexibility index (Phi) is 5.73. The molecule has 0 unspecified atom stereocenters. The lowest BCUT2D eigenvalue weighted by molar-refractivity contribution is -0.277. The van der Waals surface area contributed by atoms with Crippen molar-refractivity contribution in [1.82, 2.24) is 0 Å². The summed E-state index contributed by atoms with van der Waals surface area (Å²) in [5, 5.41) is 58.5. The number of aliphatic hydroxyl groups is 4. The Bertz CT molecular complexity index is 975. The number of carbonyl (C=O) groups excluding carboxylic acids is 1. The lowest BCUT2D eigenvalue weighted by Crippen LogP contribution is -2.60. The first-order valence-corrected chi connectivity index (χ1v) is 9.62. The average Bonchev–Trinajstić information content (AvgIpc) is 2.75. The van der Waals surface area contributed by atoms with Crippen LogP contribution >= 0.6 is 0 Å². The monoisotopic (exact) mass is 434 g/mol. The van der Waals surface area contributed by atoms with Crippen LogP contribution in [0.4, 0.5) is 0 Å². The first kappa shape index (κ1) is 21.3. The minimum absolute atomic E-state index is 0.0406. The first-order chi connectivity index (χ1) is 14.8. The number of ether oxygens (including phenoxy) is 3. The normalized spacial score (nSPS) is 30.4. The van der Waals surface area contributed by atoms with E-state index in [1.54, 1.807) is 12.1 Å². The molecule has 31 heavy (non-hydrogen) atoms. The van der Waals surface area contributed by atoms with E-state index in [4.69, 9.17) is 14.2 Å². The molecule has 0 radical (unpaired) electrons. The number of phenolic OH excluding ortho intramolecular Hbond substituents is 2. The second-order valence-electron chi connectivity index (χ2n) is 7.45. The second kappa shape index (κ2) is 8.33. The van der Waals surface area contributed by atoms with Gasteiger partial charge in [-0.1, -0.05) is 18.2 Å². The molecule has 2 aliphatic heterocycles. The summed E-state index contributed by atoms with van der Waals surface area (Å²) in [4.78, 5) is 12.8. The number of phenols is 2. The van der Waals surface area contributed by atoms with E-state index in [9.17, 15) is 35.4 Å². The summed E-state index contributed by atoms with van der Waals surface area (Å²) in [7, 11) is 0. The molecule has 2 heterocycles. The van der Waals surface area contributed by atoms with Gasteiger partial charge in [-0.2, -0.15) is 0 Å². The SMILES string of the molecule is O=C1O[C@H](c2ccc(O)c(O)c2)Cc2cccc(O[C@@H]3O[C@H](CO)[C@@H](O)[C@H](O)[C@H]3O)c21. The topological polar surface area (TPSA) is 166 Å². The molecule has 10 nitrogen and oxygen atoms in total. The highest BCUT2D eigenvalue weighted by Crippen LogP contribution is 2.38. The van der Waals surface area contributed by atoms with Crippen LogP contribution in [-0.4, -0.2) is 73.9 Å². The van der Waals surface area contributed by atoms with Gasteiger partial charge in [0.15, 0.2) is 11.5 Å². The Morgan fingerprint density at radius 3 is 2.48 bits per heavy atom. The van der Waals surface area contributed by atoms with E-state index >= 15 is 0 Å². The maximum Gasteiger partial charge on any atom is 0.342 e. The number of cyclic esters (lactones) is 1. The molecule has 1 fully saturated rings. The van der Waals surface area contributed by atoms with Crippen molar-refractivity contribution >= 4 is 5.97 Å². The van der Waals surface area contributed by atoms with Crippen molar-refractivity contribution < 1.29 is 49.6 Å². The van der Waals surface area contributed by atoms with Crippen LogP contribution in [0.25, 0.3) is 0 Å². The number of hydrogen-bond acceptors (Lipinski definition) is 10. The molecule has 0 amide bonds. The van der Waals surface area contributed by atoms with Gasteiger partial charge in [0.05, 0.1) is 6.61 Å². The predicted octanol–water partition coefficient (Wildman–Crippen LogP) is -0.269. The second-order valence-corrected chi connectivity index (χ2v) is 7.45. The summed E-state index contributed by atoms with van der Waals surface area (Å²) in [6.45, 7) is -0.610. The molecule has 10 heteroatoms. The Hall–Kier alpha value is -2.89. The number of aromatic hydroxyl groups is 2. The van der Waals surface area contributed by atoms with Crippen LogP contribution in [0.2, 0.25) is 0 Å². The molecule has 6 N–H and O–H groups in total. The van der Waals surface area contributed by atoms with Crippen LogP contribution < -0.4 is 4.74 Å². The number of esters is 1. The molecule has 4 rings (SSSR count). The third kappa shape index (κ3) is 3.91. The van der Waals surface area contributed by atoms with E-state index in [2.05, 4.69) is 0 Å². The number of carbonyl (C=O) groups is 1. The minimum atomic E-state index is -1.62. The number of hydrogen-bond donors (Lipinski definition) is 6. The quantitative estimate of drug-likeness (QED) is 0.279. The molecule has 0 spiro atoms. The summed E-state index contributed by atoms with van der Waals surface area (Å²) in [5.41, 5.74) is 1.18. The third-order valence-electron chi connectivity index (χ3n) is 5.43. The molecule has 1 saturated heterocycles. The van der Waals surface area contributed by atoms with Crippen LogP contribution in [-0.2, 0) is 15.9 Å². The van der Waals surface area contributed by atoms with Gasteiger partial charge < -0.3 is 44.8 Å². The molecular weight excluding hydrogens is 412 g/mol. The Morgan fingerprint density at radius 2 is 1.77 bits per heavy atom. The van der Waals surface area contributed by atoms with Gasteiger partial charge in [0.2, 0.25) is 6.29 Å². The largest absolute Gasteiger partial charge is 0.504 e. The number of aliphatic hydroxyl groups excluding tert-OH is 4. The number of benzene rings is 2. The van der Waals surface area contributed by atoms with Crippen LogP contribution in [0.3, 0.4) is 0 Å². The fourth-order valence-corrected chi connectivity index (χ4v) is 3.72. The first-order valence-electron chi connectivity index (χ1n) is 9.62. The van der Waals surface area contributed by atoms with E-state index in [-0.39, 0.29) is 29.2 Å². The van der Waals surface area contributed by atoms with E-state index < -0.39 is 49.4 Å².